The molecule has 0 amide bonds. The van der Waals surface area contributed by atoms with E-state index in [0.29, 0.717) is 5.41 Å². The van der Waals surface area contributed by atoms with Gasteiger partial charge in [0.2, 0.25) is 8.32 Å². The molecule has 4 rings (SSSR count). The Morgan fingerprint density at radius 2 is 1.62 bits per heavy atom. The van der Waals surface area contributed by atoms with Gasteiger partial charge in [-0.05, 0) is 131 Å². The third-order valence-corrected chi connectivity index (χ3v) is 10.1. The van der Waals surface area contributed by atoms with Crippen molar-refractivity contribution in [2.45, 2.75) is 103 Å². The van der Waals surface area contributed by atoms with Crippen molar-refractivity contribution in [3.05, 3.63) is 29.3 Å². The second kappa shape index (κ2) is 6.96. The third-order valence-electron chi connectivity index (χ3n) is 8.18. The van der Waals surface area contributed by atoms with E-state index in [1.165, 1.54) is 38.5 Å². The van der Waals surface area contributed by atoms with E-state index in [9.17, 15) is 0 Å². The first-order valence-electron chi connectivity index (χ1n) is 11.8. The minimum absolute atomic E-state index is 0.0718. The van der Waals surface area contributed by atoms with Crippen LogP contribution in [0, 0.1) is 17.3 Å². The van der Waals surface area contributed by atoms with Gasteiger partial charge < -0.3 is 8.85 Å². The Balaban J connectivity index is 1.59. The smallest absolute Gasteiger partial charge is 0.242 e. The van der Waals surface area contributed by atoms with Crippen LogP contribution in [0.25, 0.3) is 0 Å². The van der Waals surface area contributed by atoms with Gasteiger partial charge in [-0.15, -0.1) is 0 Å². The van der Waals surface area contributed by atoms with Crippen LogP contribution in [0.3, 0.4) is 0 Å². The van der Waals surface area contributed by atoms with Crippen LogP contribution in [0.15, 0.2) is 18.2 Å². The summed E-state index contributed by atoms with van der Waals surface area (Å²) in [4.78, 5) is 0. The molecule has 0 radical (unpaired) electrons. The van der Waals surface area contributed by atoms with E-state index in [1.807, 2.05) is 0 Å². The monoisotopic (exact) mass is 430 g/mol. The molecule has 0 aliphatic heterocycles. The molecule has 0 spiro atoms. The van der Waals surface area contributed by atoms with E-state index in [2.05, 4.69) is 71.3 Å². The number of fused-ring (bicyclic) bond motifs is 5. The summed E-state index contributed by atoms with van der Waals surface area (Å²) in [5, 5.41) is 0. The maximum atomic E-state index is 6.90. The molecule has 3 aliphatic rings. The molecule has 2 fully saturated rings. The van der Waals surface area contributed by atoms with Crippen LogP contribution in [0.4, 0.5) is 0 Å². The minimum atomic E-state index is -1.56. The second-order valence-electron chi connectivity index (χ2n) is 12.4. The van der Waals surface area contributed by atoms with Crippen molar-refractivity contribution in [1.82, 2.24) is 0 Å². The zero-order valence-electron chi connectivity index (χ0n) is 20.0. The zero-order valence-corrected chi connectivity index (χ0v) is 22.0. The number of hydrogen-bond donors (Lipinski definition) is 0. The highest BCUT2D eigenvalue weighted by Gasteiger charge is 2.61. The summed E-state index contributed by atoms with van der Waals surface area (Å²) >= 11 is 0. The van der Waals surface area contributed by atoms with Gasteiger partial charge in [-0.3, -0.25) is 0 Å². The molecular weight excluding hydrogens is 388 g/mol. The van der Waals surface area contributed by atoms with Gasteiger partial charge in [0.25, 0.3) is 0 Å². The molecule has 4 heteroatoms. The van der Waals surface area contributed by atoms with Crippen molar-refractivity contribution < 1.29 is 8.85 Å². The van der Waals surface area contributed by atoms with Crippen molar-refractivity contribution in [1.29, 1.82) is 0 Å². The average molecular weight is 431 g/mol. The Morgan fingerprint density at radius 1 is 0.897 bits per heavy atom. The summed E-state index contributed by atoms with van der Waals surface area (Å²) in [7, 11) is -3.11. The van der Waals surface area contributed by atoms with E-state index in [1.54, 1.807) is 11.1 Å². The van der Waals surface area contributed by atoms with Gasteiger partial charge in [0.15, 0.2) is 8.32 Å². The van der Waals surface area contributed by atoms with Crippen LogP contribution >= 0.6 is 0 Å². The lowest BCUT2D eigenvalue weighted by Crippen LogP contribution is -2.53. The molecule has 0 aromatic heterocycles. The maximum absolute atomic E-state index is 6.90. The standard InChI is InChI=1S/C25H42O2Si2/c1-24-15-13-21-20-12-10-19(26-28(3,4)5)17-18(20)9-11-22(21)23(24)14-16-25(24,2)27-29(6,7)8/h10,12,17,21-23H,9,11,13-16H2,1-8H3/t21?,22?,23?,24-,25-/m0/s1. The van der Waals surface area contributed by atoms with Crippen LogP contribution in [0.2, 0.25) is 39.3 Å². The molecular formula is C25H42O2Si2. The molecule has 0 N–H and O–H groups in total. The first kappa shape index (κ1) is 21.6. The fourth-order valence-electron chi connectivity index (χ4n) is 7.04. The topological polar surface area (TPSA) is 18.5 Å². The Bertz CT molecular complexity index is 778. The normalized spacial score (nSPS) is 36.9. The van der Waals surface area contributed by atoms with Crippen molar-refractivity contribution in [2.75, 3.05) is 0 Å². The molecule has 5 atom stereocenters. The Kier molecular flexibility index (Phi) is 5.19. The Hall–Kier alpha value is -0.586. The molecule has 2 nitrogen and oxygen atoms in total. The Morgan fingerprint density at radius 3 is 2.28 bits per heavy atom. The lowest BCUT2D eigenvalue weighted by atomic mass is 9.53. The first-order chi connectivity index (χ1) is 13.3. The van der Waals surface area contributed by atoms with E-state index < -0.39 is 16.6 Å². The number of benzene rings is 1. The fraction of sp³-hybridized carbons (Fsp3) is 0.760. The van der Waals surface area contributed by atoms with E-state index >= 15 is 0 Å². The summed E-state index contributed by atoms with van der Waals surface area (Å²) in [6, 6.07) is 7.03. The summed E-state index contributed by atoms with van der Waals surface area (Å²) < 4.78 is 13.2. The van der Waals surface area contributed by atoms with E-state index in [-0.39, 0.29) is 5.60 Å². The zero-order chi connectivity index (χ0) is 21.2. The van der Waals surface area contributed by atoms with Crippen molar-refractivity contribution in [3.8, 4) is 5.75 Å². The van der Waals surface area contributed by atoms with Crippen LogP contribution in [0.1, 0.15) is 63.0 Å². The first-order valence-corrected chi connectivity index (χ1v) is 18.7. The molecule has 1 aromatic carbocycles. The second-order valence-corrected chi connectivity index (χ2v) is 21.3. The van der Waals surface area contributed by atoms with E-state index in [4.69, 9.17) is 8.85 Å². The highest BCUT2D eigenvalue weighted by molar-refractivity contribution is 6.70. The van der Waals surface area contributed by atoms with Gasteiger partial charge >= 0.3 is 0 Å². The predicted molar refractivity (Wildman–Crippen MR) is 128 cm³/mol. The lowest BCUT2D eigenvalue weighted by molar-refractivity contribution is -0.0781. The molecule has 162 valence electrons. The fourth-order valence-corrected chi connectivity index (χ4v) is 9.57. The largest absolute Gasteiger partial charge is 0.544 e. The molecule has 3 aliphatic carbocycles. The van der Waals surface area contributed by atoms with Crippen LogP contribution in [0.5, 0.6) is 5.75 Å². The number of rotatable bonds is 4. The quantitative estimate of drug-likeness (QED) is 0.464. The molecule has 3 unspecified atom stereocenters. The number of aryl methyl sites for hydroxylation is 1. The summed E-state index contributed by atoms with van der Waals surface area (Å²) in [6.45, 7) is 18.9. The summed E-state index contributed by atoms with van der Waals surface area (Å²) in [5.74, 6) is 3.48. The number of hydrogen-bond acceptors (Lipinski definition) is 2. The van der Waals surface area contributed by atoms with Crippen LogP contribution < -0.4 is 4.43 Å². The highest BCUT2D eigenvalue weighted by atomic mass is 28.4. The maximum Gasteiger partial charge on any atom is 0.242 e. The average Bonchev–Trinajstić information content (AvgIpc) is 2.82. The van der Waals surface area contributed by atoms with Crippen LogP contribution in [-0.4, -0.2) is 22.2 Å². The summed E-state index contributed by atoms with van der Waals surface area (Å²) in [5.41, 5.74) is 3.60. The van der Waals surface area contributed by atoms with Crippen molar-refractivity contribution in [3.63, 3.8) is 0 Å². The predicted octanol–water partition coefficient (Wildman–Crippen LogP) is 7.37. The van der Waals surface area contributed by atoms with Gasteiger partial charge in [-0.25, -0.2) is 0 Å². The van der Waals surface area contributed by atoms with Gasteiger partial charge in [-0.1, -0.05) is 13.0 Å². The molecule has 29 heavy (non-hydrogen) atoms. The van der Waals surface area contributed by atoms with Crippen molar-refractivity contribution in [2.24, 2.45) is 17.3 Å². The Labute approximate surface area is 181 Å². The third kappa shape index (κ3) is 3.90. The molecule has 2 saturated carbocycles. The van der Waals surface area contributed by atoms with Gasteiger partial charge in [0, 0.05) is 0 Å². The van der Waals surface area contributed by atoms with Gasteiger partial charge in [-0.2, -0.15) is 0 Å². The van der Waals surface area contributed by atoms with Crippen LogP contribution in [-0.2, 0) is 10.8 Å². The van der Waals surface area contributed by atoms with E-state index in [0.717, 1.165) is 23.5 Å². The molecule has 1 aromatic rings. The summed E-state index contributed by atoms with van der Waals surface area (Å²) in [6.07, 6.45) is 7.80. The van der Waals surface area contributed by atoms with Gasteiger partial charge in [0.1, 0.15) is 5.75 Å². The molecule has 0 heterocycles. The lowest BCUT2D eigenvalue weighted by Gasteiger charge is -2.55. The SMILES string of the molecule is C[C@]12CCC3c4ccc(O[Si](C)(C)C)cc4CCC3C1CC[C@]2(C)O[Si](C)(C)C. The van der Waals surface area contributed by atoms with Crippen molar-refractivity contribution >= 4 is 16.6 Å². The highest BCUT2D eigenvalue weighted by Crippen LogP contribution is 2.65. The van der Waals surface area contributed by atoms with Gasteiger partial charge in [0.05, 0.1) is 5.60 Å². The molecule has 0 bridgehead atoms. The molecule has 0 saturated heterocycles. The minimum Gasteiger partial charge on any atom is -0.544 e.